The van der Waals surface area contributed by atoms with Gasteiger partial charge in [-0.15, -0.1) is 0 Å². The number of piperidine rings is 3. The molecule has 0 aromatic heterocycles. The van der Waals surface area contributed by atoms with E-state index in [-0.39, 0.29) is 17.9 Å². The smallest absolute Gasteiger partial charge is 0.348 e. The van der Waals surface area contributed by atoms with Gasteiger partial charge < -0.3 is 19.6 Å². The predicted octanol–water partition coefficient (Wildman–Crippen LogP) is 3.77. The number of aliphatic hydroxyl groups is 1. The lowest BCUT2D eigenvalue weighted by atomic mass is 9.82. The lowest BCUT2D eigenvalue weighted by Crippen LogP contribution is -2.65. The number of rotatable bonds is 9. The summed E-state index contributed by atoms with van der Waals surface area (Å²) in [6.07, 6.45) is 2.48. The molecule has 2 bridgehead atoms. The Morgan fingerprint density at radius 2 is 1.62 bits per heavy atom. The van der Waals surface area contributed by atoms with Crippen LogP contribution in [0.2, 0.25) is 0 Å². The molecule has 0 radical (unpaired) electrons. The number of quaternary nitrogens is 1. The van der Waals surface area contributed by atoms with Crippen LogP contribution in [-0.2, 0) is 15.1 Å². The van der Waals surface area contributed by atoms with Gasteiger partial charge in [-0.1, -0.05) is 66.7 Å². The summed E-state index contributed by atoms with van der Waals surface area (Å²) in [5.41, 5.74) is 0.0390. The Labute approximate surface area is 229 Å². The Kier molecular flexibility index (Phi) is 7.78. The molecule has 3 aromatic carbocycles. The predicted molar refractivity (Wildman–Crippen MR) is 146 cm³/mol. The van der Waals surface area contributed by atoms with Crippen LogP contribution in [0.1, 0.15) is 46.3 Å². The summed E-state index contributed by atoms with van der Waals surface area (Å²) in [5.74, 6) is -0.530. The minimum Gasteiger partial charge on any atom is -0.453 e. The molecule has 3 aliphatic rings. The molecule has 3 fully saturated rings. The first-order chi connectivity index (χ1) is 18.9. The first kappa shape index (κ1) is 26.6. The van der Waals surface area contributed by atoms with E-state index in [1.165, 1.54) is 0 Å². The number of carbonyl (C=O) groups excluding carboxylic acids is 2. The maximum Gasteiger partial charge on any atom is 0.348 e. The molecule has 3 heterocycles. The number of carbonyl (C=O) groups is 2. The molecule has 1 atom stereocenters. The number of benzene rings is 3. The van der Waals surface area contributed by atoms with Crippen molar-refractivity contribution < 1.29 is 23.9 Å². The third kappa shape index (κ3) is 5.58. The number of fused-ring (bicyclic) bond motifs is 3. The Morgan fingerprint density at radius 3 is 2.23 bits per heavy atom. The summed E-state index contributed by atoms with van der Waals surface area (Å²) in [5, 5.41) is 23.8. The quantitative estimate of drug-likeness (QED) is 0.252. The van der Waals surface area contributed by atoms with Crippen molar-refractivity contribution in [3.63, 3.8) is 0 Å². The highest BCUT2D eigenvalue weighted by molar-refractivity contribution is 5.94. The molecule has 200 valence electrons. The molecule has 0 saturated carbocycles. The van der Waals surface area contributed by atoms with Crippen LogP contribution < -0.4 is 5.32 Å². The Balaban J connectivity index is 1.22. The van der Waals surface area contributed by atoms with Crippen LogP contribution in [-0.4, -0.2) is 60.3 Å². The second kappa shape index (κ2) is 11.4. The van der Waals surface area contributed by atoms with Gasteiger partial charge in [0.25, 0.3) is 5.91 Å². The van der Waals surface area contributed by atoms with Crippen LogP contribution >= 0.6 is 0 Å². The third-order valence-corrected chi connectivity index (χ3v) is 8.33. The maximum absolute atomic E-state index is 13.7. The number of nitrogens with zero attached hydrogens (tertiary/aromatic N) is 2. The SMILES string of the molecule is N#Cc1cccc(C(=O)NCCC[N+]23CCC(CC2)[C@@H](OC(=O)C(O)(c2ccccc2)c2ccccc2)C3)c1. The number of nitrogens with one attached hydrogen (secondary N) is 1. The number of amides is 1. The van der Waals surface area contributed by atoms with Crippen LogP contribution in [0.3, 0.4) is 0 Å². The molecular formula is C32H34N3O4+. The molecule has 7 heteroatoms. The zero-order valence-corrected chi connectivity index (χ0v) is 22.0. The number of nitriles is 1. The van der Waals surface area contributed by atoms with E-state index >= 15 is 0 Å². The van der Waals surface area contributed by atoms with E-state index in [2.05, 4.69) is 11.4 Å². The summed E-state index contributed by atoms with van der Waals surface area (Å²) >= 11 is 0. The zero-order valence-electron chi connectivity index (χ0n) is 22.0. The minimum absolute atomic E-state index is 0.183. The summed E-state index contributed by atoms with van der Waals surface area (Å²) in [6, 6.07) is 26.7. The standard InChI is InChI=1S/C32H33N3O4/c33-22-24-9-7-10-26(21-24)30(36)34-17-8-18-35-19-15-25(16-20-35)29(23-35)39-31(37)32(38,27-11-3-1-4-12-27)28-13-5-2-6-14-28/h1-7,9-14,21,25,29,38H,8,15-20,23H2/p+1/t25?,29-,35?/m0/s1. The fraction of sp³-hybridized carbons (Fsp3) is 0.344. The number of hydrogen-bond acceptors (Lipinski definition) is 5. The first-order valence-corrected chi connectivity index (χ1v) is 13.6. The fourth-order valence-electron chi connectivity index (χ4n) is 6.10. The van der Waals surface area contributed by atoms with E-state index in [1.807, 2.05) is 36.4 Å². The maximum atomic E-state index is 13.7. The molecule has 7 nitrogen and oxygen atoms in total. The molecule has 3 aliphatic heterocycles. The van der Waals surface area contributed by atoms with Crippen LogP contribution in [0.25, 0.3) is 0 Å². The summed E-state index contributed by atoms with van der Waals surface area (Å²) in [4.78, 5) is 26.2. The molecule has 3 aromatic rings. The van der Waals surface area contributed by atoms with Gasteiger partial charge in [0.2, 0.25) is 5.60 Å². The van der Waals surface area contributed by atoms with Gasteiger partial charge >= 0.3 is 5.97 Å². The third-order valence-electron chi connectivity index (χ3n) is 8.33. The van der Waals surface area contributed by atoms with Crippen molar-refractivity contribution in [2.75, 3.05) is 32.7 Å². The van der Waals surface area contributed by atoms with Crippen molar-refractivity contribution in [2.45, 2.75) is 31.0 Å². The highest BCUT2D eigenvalue weighted by Gasteiger charge is 2.50. The normalized spacial score (nSPS) is 22.1. The summed E-state index contributed by atoms with van der Waals surface area (Å²) in [6.45, 7) is 4.18. The van der Waals surface area contributed by atoms with Gasteiger partial charge in [0, 0.05) is 37.3 Å². The highest BCUT2D eigenvalue weighted by Crippen LogP contribution is 2.38. The molecule has 0 spiro atoms. The van der Waals surface area contributed by atoms with Gasteiger partial charge in [-0.25, -0.2) is 4.79 Å². The van der Waals surface area contributed by atoms with Crippen molar-refractivity contribution >= 4 is 11.9 Å². The molecule has 39 heavy (non-hydrogen) atoms. The summed E-state index contributed by atoms with van der Waals surface area (Å²) in [7, 11) is 0. The lowest BCUT2D eigenvalue weighted by molar-refractivity contribution is -0.946. The Hall–Kier alpha value is -3.99. The zero-order chi connectivity index (χ0) is 27.3. The molecule has 1 amide bonds. The van der Waals surface area contributed by atoms with E-state index in [9.17, 15) is 14.7 Å². The van der Waals surface area contributed by atoms with Crippen LogP contribution in [0.4, 0.5) is 0 Å². The highest BCUT2D eigenvalue weighted by atomic mass is 16.6. The number of esters is 1. The first-order valence-electron chi connectivity index (χ1n) is 13.6. The second-order valence-electron chi connectivity index (χ2n) is 10.7. The van der Waals surface area contributed by atoms with E-state index < -0.39 is 11.6 Å². The lowest BCUT2D eigenvalue weighted by Gasteiger charge is -2.52. The monoisotopic (exact) mass is 524 g/mol. The van der Waals surface area contributed by atoms with Crippen molar-refractivity contribution in [3.05, 3.63) is 107 Å². The fourth-order valence-corrected chi connectivity index (χ4v) is 6.10. The van der Waals surface area contributed by atoms with Crippen LogP contribution in [0.15, 0.2) is 84.9 Å². The van der Waals surface area contributed by atoms with Crippen molar-refractivity contribution in [3.8, 4) is 6.07 Å². The van der Waals surface area contributed by atoms with Gasteiger partial charge in [-0.05, 0) is 29.3 Å². The molecule has 0 aliphatic carbocycles. The van der Waals surface area contributed by atoms with E-state index in [0.29, 0.717) is 35.3 Å². The van der Waals surface area contributed by atoms with Crippen LogP contribution in [0.5, 0.6) is 0 Å². The molecular weight excluding hydrogens is 490 g/mol. The number of hydrogen-bond donors (Lipinski definition) is 2. The molecule has 3 saturated heterocycles. The van der Waals surface area contributed by atoms with Gasteiger partial charge in [0.1, 0.15) is 6.54 Å². The average molecular weight is 525 g/mol. The van der Waals surface area contributed by atoms with E-state index in [4.69, 9.17) is 10.00 Å². The van der Waals surface area contributed by atoms with Gasteiger partial charge in [-0.3, -0.25) is 4.79 Å². The van der Waals surface area contributed by atoms with E-state index in [0.717, 1.165) is 43.4 Å². The Morgan fingerprint density at radius 1 is 0.974 bits per heavy atom. The second-order valence-corrected chi connectivity index (χ2v) is 10.7. The van der Waals surface area contributed by atoms with Gasteiger partial charge in [0.15, 0.2) is 6.10 Å². The minimum atomic E-state index is -1.88. The van der Waals surface area contributed by atoms with Crippen molar-refractivity contribution in [1.82, 2.24) is 5.32 Å². The number of ether oxygens (including phenoxy) is 1. The molecule has 2 N–H and O–H groups in total. The Bertz CT molecular complexity index is 1310. The van der Waals surface area contributed by atoms with Gasteiger partial charge in [0.05, 0.1) is 31.3 Å². The van der Waals surface area contributed by atoms with E-state index in [1.54, 1.807) is 48.5 Å². The molecule has 0 unspecified atom stereocenters. The van der Waals surface area contributed by atoms with Crippen LogP contribution in [0, 0.1) is 17.2 Å². The van der Waals surface area contributed by atoms with Crippen molar-refractivity contribution in [1.29, 1.82) is 5.26 Å². The average Bonchev–Trinajstić information content (AvgIpc) is 3.00. The summed E-state index contributed by atoms with van der Waals surface area (Å²) < 4.78 is 7.00. The molecule has 6 rings (SSSR count). The largest absolute Gasteiger partial charge is 0.453 e. The van der Waals surface area contributed by atoms with Crippen molar-refractivity contribution in [2.24, 2.45) is 5.92 Å². The van der Waals surface area contributed by atoms with Gasteiger partial charge in [-0.2, -0.15) is 5.26 Å². The topological polar surface area (TPSA) is 99.4 Å².